The number of hydrogen-bond acceptors (Lipinski definition) is 3. The first kappa shape index (κ1) is 8.88. The maximum absolute atomic E-state index is 5.15. The van der Waals surface area contributed by atoms with Crippen LogP contribution < -0.4 is 5.73 Å². The van der Waals surface area contributed by atoms with Gasteiger partial charge in [0.25, 0.3) is 0 Å². The zero-order valence-electron chi connectivity index (χ0n) is 6.31. The Morgan fingerprint density at radius 3 is 2.22 bits per heavy atom. The Bertz CT molecular complexity index is 67.9. The van der Waals surface area contributed by atoms with Crippen LogP contribution in [0.1, 0.15) is 20.8 Å². The van der Waals surface area contributed by atoms with Gasteiger partial charge in [-0.15, -0.1) is 0 Å². The summed E-state index contributed by atoms with van der Waals surface area (Å²) >= 11 is 0. The molecule has 9 heavy (non-hydrogen) atoms. The molecule has 0 saturated carbocycles. The van der Waals surface area contributed by atoms with Crippen LogP contribution in [-0.4, -0.2) is 18.8 Å². The highest BCUT2D eigenvalue weighted by atomic mass is 17.2. The molecule has 2 N–H and O–H groups in total. The maximum atomic E-state index is 5.15. The van der Waals surface area contributed by atoms with Crippen molar-refractivity contribution >= 4 is 0 Å². The minimum absolute atomic E-state index is 0.227. The van der Waals surface area contributed by atoms with E-state index >= 15 is 0 Å². The van der Waals surface area contributed by atoms with Crippen LogP contribution in [0.2, 0.25) is 0 Å². The van der Waals surface area contributed by atoms with Crippen LogP contribution >= 0.6 is 0 Å². The molecule has 0 aromatic carbocycles. The van der Waals surface area contributed by atoms with E-state index in [0.29, 0.717) is 13.2 Å². The van der Waals surface area contributed by atoms with Crippen molar-refractivity contribution in [3.8, 4) is 0 Å². The van der Waals surface area contributed by atoms with Crippen molar-refractivity contribution in [2.75, 3.05) is 13.2 Å². The van der Waals surface area contributed by atoms with E-state index in [0.717, 1.165) is 0 Å². The number of hydrogen-bond donors (Lipinski definition) is 1. The van der Waals surface area contributed by atoms with Gasteiger partial charge in [-0.1, -0.05) is 0 Å². The monoisotopic (exact) mass is 133 g/mol. The number of rotatable bonds is 3. The van der Waals surface area contributed by atoms with Gasteiger partial charge in [-0.2, -0.15) is 0 Å². The zero-order valence-corrected chi connectivity index (χ0v) is 6.31. The van der Waals surface area contributed by atoms with Gasteiger partial charge in [-0.3, -0.25) is 0 Å². The van der Waals surface area contributed by atoms with E-state index in [4.69, 9.17) is 15.5 Å². The van der Waals surface area contributed by atoms with Crippen LogP contribution in [0.3, 0.4) is 0 Å². The van der Waals surface area contributed by atoms with Gasteiger partial charge in [0.2, 0.25) is 0 Å². The predicted octanol–water partition coefficient (Wildman–Crippen LogP) is 0.692. The summed E-state index contributed by atoms with van der Waals surface area (Å²) in [6.07, 6.45) is 0. The fourth-order valence-electron chi connectivity index (χ4n) is 0.267. The Balaban J connectivity index is 3.07. The van der Waals surface area contributed by atoms with E-state index in [1.54, 1.807) is 0 Å². The fraction of sp³-hybridized carbons (Fsp3) is 1.00. The van der Waals surface area contributed by atoms with Crippen LogP contribution in [0.5, 0.6) is 0 Å². The Kier molecular flexibility index (Phi) is 3.77. The molecule has 0 amide bonds. The van der Waals surface area contributed by atoms with Crippen molar-refractivity contribution in [3.63, 3.8) is 0 Å². The van der Waals surface area contributed by atoms with Gasteiger partial charge in [-0.05, 0) is 20.8 Å². The van der Waals surface area contributed by atoms with E-state index in [1.807, 2.05) is 20.8 Å². The Morgan fingerprint density at radius 1 is 1.33 bits per heavy atom. The van der Waals surface area contributed by atoms with Crippen LogP contribution in [0.15, 0.2) is 0 Å². The summed E-state index contributed by atoms with van der Waals surface area (Å²) in [7, 11) is 0. The van der Waals surface area contributed by atoms with Crippen LogP contribution in [0.4, 0.5) is 0 Å². The molecule has 0 atom stereocenters. The molecule has 0 aliphatic heterocycles. The van der Waals surface area contributed by atoms with Crippen molar-refractivity contribution in [2.45, 2.75) is 26.4 Å². The second-order valence-corrected chi connectivity index (χ2v) is 2.81. The lowest BCUT2D eigenvalue weighted by Crippen LogP contribution is -2.21. The molecule has 3 nitrogen and oxygen atoms in total. The first-order valence-corrected chi connectivity index (χ1v) is 3.07. The third-order valence-corrected chi connectivity index (χ3v) is 0.510. The molecule has 0 aromatic heterocycles. The molecule has 0 saturated heterocycles. The molecular formula is C6H15NO2. The maximum Gasteiger partial charge on any atom is 0.0952 e. The second-order valence-electron chi connectivity index (χ2n) is 2.81. The van der Waals surface area contributed by atoms with Gasteiger partial charge >= 0.3 is 0 Å². The topological polar surface area (TPSA) is 44.5 Å². The van der Waals surface area contributed by atoms with E-state index in [-0.39, 0.29) is 5.60 Å². The molecule has 0 aliphatic rings. The molecular weight excluding hydrogens is 118 g/mol. The fourth-order valence-corrected chi connectivity index (χ4v) is 0.267. The van der Waals surface area contributed by atoms with Crippen molar-refractivity contribution in [3.05, 3.63) is 0 Å². The summed E-state index contributed by atoms with van der Waals surface area (Å²) in [5.41, 5.74) is 4.93. The average molecular weight is 133 g/mol. The zero-order chi connectivity index (χ0) is 7.33. The minimum Gasteiger partial charge on any atom is -0.328 e. The standard InChI is InChI=1S/C6H15NO2/c1-6(2,3)9-8-5-4-7/h4-5,7H2,1-3H3. The molecule has 0 aromatic rings. The summed E-state index contributed by atoms with van der Waals surface area (Å²) in [5.74, 6) is 0. The van der Waals surface area contributed by atoms with Gasteiger partial charge in [0.05, 0.1) is 12.2 Å². The Hall–Kier alpha value is -0.120. The van der Waals surface area contributed by atoms with Crippen molar-refractivity contribution in [1.82, 2.24) is 0 Å². The molecule has 0 heterocycles. The third-order valence-electron chi connectivity index (χ3n) is 0.510. The highest BCUT2D eigenvalue weighted by Gasteiger charge is 2.10. The predicted molar refractivity (Wildman–Crippen MR) is 35.8 cm³/mol. The minimum atomic E-state index is -0.227. The molecule has 56 valence electrons. The van der Waals surface area contributed by atoms with Crippen molar-refractivity contribution < 1.29 is 9.78 Å². The Morgan fingerprint density at radius 2 is 1.89 bits per heavy atom. The first-order chi connectivity index (χ1) is 4.06. The molecule has 0 spiro atoms. The highest BCUT2D eigenvalue weighted by Crippen LogP contribution is 2.05. The van der Waals surface area contributed by atoms with Gasteiger partial charge in [-0.25, -0.2) is 9.78 Å². The van der Waals surface area contributed by atoms with Gasteiger partial charge < -0.3 is 5.73 Å². The van der Waals surface area contributed by atoms with Crippen LogP contribution in [0.25, 0.3) is 0 Å². The molecule has 3 heteroatoms. The number of nitrogens with two attached hydrogens (primary N) is 1. The normalized spacial score (nSPS) is 12.0. The molecule has 0 unspecified atom stereocenters. The van der Waals surface area contributed by atoms with Gasteiger partial charge in [0.1, 0.15) is 0 Å². The van der Waals surface area contributed by atoms with E-state index in [9.17, 15) is 0 Å². The summed E-state index contributed by atoms with van der Waals surface area (Å²) in [6.45, 7) is 6.71. The first-order valence-electron chi connectivity index (χ1n) is 3.07. The van der Waals surface area contributed by atoms with Crippen LogP contribution in [0, 0.1) is 0 Å². The smallest absolute Gasteiger partial charge is 0.0952 e. The highest BCUT2D eigenvalue weighted by molar-refractivity contribution is 4.54. The van der Waals surface area contributed by atoms with Crippen LogP contribution in [-0.2, 0) is 9.78 Å². The largest absolute Gasteiger partial charge is 0.328 e. The second kappa shape index (κ2) is 3.82. The molecule has 0 aliphatic carbocycles. The van der Waals surface area contributed by atoms with Crippen molar-refractivity contribution in [2.24, 2.45) is 5.73 Å². The van der Waals surface area contributed by atoms with E-state index in [1.165, 1.54) is 0 Å². The lowest BCUT2D eigenvalue weighted by Gasteiger charge is -2.16. The van der Waals surface area contributed by atoms with Crippen molar-refractivity contribution in [1.29, 1.82) is 0 Å². The lowest BCUT2D eigenvalue weighted by atomic mass is 10.2. The average Bonchev–Trinajstić information content (AvgIpc) is 1.63. The molecule has 0 bridgehead atoms. The molecule has 0 radical (unpaired) electrons. The van der Waals surface area contributed by atoms with E-state index in [2.05, 4.69) is 0 Å². The Labute approximate surface area is 56.1 Å². The SMILES string of the molecule is CC(C)(C)OOCCN. The quantitative estimate of drug-likeness (QED) is 0.350. The summed E-state index contributed by atoms with van der Waals surface area (Å²) < 4.78 is 0. The van der Waals surface area contributed by atoms with Gasteiger partial charge in [0, 0.05) is 6.54 Å². The molecule has 0 fully saturated rings. The summed E-state index contributed by atoms with van der Waals surface area (Å²) in [5, 5.41) is 0. The summed E-state index contributed by atoms with van der Waals surface area (Å²) in [6, 6.07) is 0. The molecule has 0 rings (SSSR count). The lowest BCUT2D eigenvalue weighted by molar-refractivity contribution is -0.346. The summed E-state index contributed by atoms with van der Waals surface area (Å²) in [4.78, 5) is 9.61. The van der Waals surface area contributed by atoms with Gasteiger partial charge in [0.15, 0.2) is 0 Å². The van der Waals surface area contributed by atoms with E-state index < -0.39 is 0 Å². The third kappa shape index (κ3) is 7.88.